The van der Waals surface area contributed by atoms with Gasteiger partial charge in [-0.15, -0.1) is 0 Å². The molecule has 0 bridgehead atoms. The summed E-state index contributed by atoms with van der Waals surface area (Å²) in [6, 6.07) is 14.7. The minimum absolute atomic E-state index is 0.0230. The van der Waals surface area contributed by atoms with Crippen molar-refractivity contribution in [3.63, 3.8) is 0 Å². The molecule has 1 amide bonds. The Balaban J connectivity index is 1.84. The fourth-order valence-electron chi connectivity index (χ4n) is 3.26. The molecule has 1 heterocycles. The lowest BCUT2D eigenvalue weighted by Crippen LogP contribution is -3.11. The summed E-state index contributed by atoms with van der Waals surface area (Å²) in [7, 11) is 1.62. The molecule has 0 spiro atoms. The zero-order valence-electron chi connectivity index (χ0n) is 13.7. The van der Waals surface area contributed by atoms with Crippen molar-refractivity contribution >= 4 is 23.2 Å². The third-order valence-corrected chi connectivity index (χ3v) is 4.83. The molecular weight excluding hydrogens is 324 g/mol. The molecule has 2 aromatic rings. The van der Waals surface area contributed by atoms with Crippen LogP contribution in [-0.4, -0.2) is 26.1 Å². The Morgan fingerprint density at radius 3 is 2.42 bits per heavy atom. The first kappa shape index (κ1) is 16.8. The number of likely N-dealkylation sites (tertiary alicyclic amines) is 1. The Hall–Kier alpha value is -2.04. The number of ether oxygens (including phenoxy) is 1. The van der Waals surface area contributed by atoms with Crippen molar-refractivity contribution in [2.75, 3.05) is 25.5 Å². The Labute approximate surface area is 147 Å². The third kappa shape index (κ3) is 3.71. The van der Waals surface area contributed by atoms with E-state index in [-0.39, 0.29) is 11.9 Å². The van der Waals surface area contributed by atoms with Crippen LogP contribution in [0.2, 0.25) is 5.02 Å². The summed E-state index contributed by atoms with van der Waals surface area (Å²) in [5, 5.41) is 3.67. The van der Waals surface area contributed by atoms with Crippen molar-refractivity contribution in [1.82, 2.24) is 0 Å². The smallest absolute Gasteiger partial charge is 0.287 e. The van der Waals surface area contributed by atoms with Crippen LogP contribution in [0.4, 0.5) is 5.69 Å². The Kier molecular flexibility index (Phi) is 5.38. The molecular formula is C19H22ClN2O2+. The van der Waals surface area contributed by atoms with E-state index in [9.17, 15) is 4.79 Å². The second-order valence-corrected chi connectivity index (χ2v) is 6.44. The van der Waals surface area contributed by atoms with E-state index < -0.39 is 0 Å². The van der Waals surface area contributed by atoms with E-state index in [2.05, 4.69) is 5.32 Å². The van der Waals surface area contributed by atoms with Crippen LogP contribution in [-0.2, 0) is 4.79 Å². The highest BCUT2D eigenvalue weighted by molar-refractivity contribution is 6.31. The lowest BCUT2D eigenvalue weighted by atomic mass is 10.0. The number of anilines is 1. The number of halogens is 1. The Bertz CT molecular complexity index is 697. The fraction of sp³-hybridized carbons (Fsp3) is 0.316. The van der Waals surface area contributed by atoms with Crippen molar-refractivity contribution in [2.24, 2.45) is 0 Å². The van der Waals surface area contributed by atoms with Gasteiger partial charge >= 0.3 is 0 Å². The molecule has 2 aromatic carbocycles. The van der Waals surface area contributed by atoms with E-state index in [4.69, 9.17) is 16.3 Å². The molecule has 0 unspecified atom stereocenters. The summed E-state index contributed by atoms with van der Waals surface area (Å²) in [5.41, 5.74) is 1.65. The molecule has 4 nitrogen and oxygen atoms in total. The standard InChI is InChI=1S/C19H21ClN2O2/c1-24-15-10-8-14(9-11-15)21-19(23)18(22-12-4-5-13-22)16-6-2-3-7-17(16)20/h2-3,6-11,18H,4-5,12-13H2,1H3,(H,21,23)/p+1/t18-/m1/s1. The van der Waals surface area contributed by atoms with Crippen molar-refractivity contribution in [2.45, 2.75) is 18.9 Å². The third-order valence-electron chi connectivity index (χ3n) is 4.49. The number of amides is 1. The molecule has 3 rings (SSSR count). The van der Waals surface area contributed by atoms with E-state index in [1.165, 1.54) is 4.90 Å². The Morgan fingerprint density at radius 1 is 1.12 bits per heavy atom. The summed E-state index contributed by atoms with van der Waals surface area (Å²) in [4.78, 5) is 14.3. The van der Waals surface area contributed by atoms with E-state index >= 15 is 0 Å². The quantitative estimate of drug-likeness (QED) is 0.875. The van der Waals surface area contributed by atoms with E-state index in [1.54, 1.807) is 7.11 Å². The van der Waals surface area contributed by atoms with Gasteiger partial charge in [0.2, 0.25) is 0 Å². The summed E-state index contributed by atoms with van der Waals surface area (Å²) in [6.45, 7) is 1.98. The maximum atomic E-state index is 13.0. The number of carbonyl (C=O) groups excluding carboxylic acids is 1. The first-order valence-corrected chi connectivity index (χ1v) is 8.61. The van der Waals surface area contributed by atoms with Crippen LogP contribution >= 0.6 is 11.6 Å². The van der Waals surface area contributed by atoms with Crippen LogP contribution in [0, 0.1) is 0 Å². The molecule has 0 radical (unpaired) electrons. The molecule has 2 N–H and O–H groups in total. The minimum atomic E-state index is -0.289. The van der Waals surface area contributed by atoms with E-state index in [0.717, 1.165) is 42.9 Å². The summed E-state index contributed by atoms with van der Waals surface area (Å²) in [5.74, 6) is 0.742. The van der Waals surface area contributed by atoms with E-state index in [1.807, 2.05) is 48.5 Å². The van der Waals surface area contributed by atoms with E-state index in [0.29, 0.717) is 5.02 Å². The van der Waals surface area contributed by atoms with Crippen LogP contribution in [0.3, 0.4) is 0 Å². The molecule has 1 atom stereocenters. The normalized spacial score (nSPS) is 15.9. The molecule has 0 aromatic heterocycles. The maximum Gasteiger partial charge on any atom is 0.287 e. The van der Waals surface area contributed by atoms with Gasteiger partial charge in [0, 0.05) is 24.1 Å². The second kappa shape index (κ2) is 7.69. The number of benzene rings is 2. The molecule has 126 valence electrons. The first-order chi connectivity index (χ1) is 11.7. The number of rotatable bonds is 5. The van der Waals surface area contributed by atoms with Crippen LogP contribution in [0.25, 0.3) is 0 Å². The lowest BCUT2D eigenvalue weighted by molar-refractivity contribution is -0.909. The molecule has 0 saturated carbocycles. The highest BCUT2D eigenvalue weighted by atomic mass is 35.5. The molecule has 1 saturated heterocycles. The number of nitrogens with one attached hydrogen (secondary N) is 2. The zero-order valence-corrected chi connectivity index (χ0v) is 14.5. The molecule has 5 heteroatoms. The average molecular weight is 346 g/mol. The van der Waals surface area contributed by atoms with Gasteiger partial charge in [0.05, 0.1) is 25.2 Å². The van der Waals surface area contributed by atoms with Gasteiger partial charge < -0.3 is 15.0 Å². The molecule has 1 aliphatic rings. The Morgan fingerprint density at radius 2 is 1.79 bits per heavy atom. The number of quaternary nitrogens is 1. The van der Waals surface area contributed by atoms with Crippen LogP contribution < -0.4 is 15.0 Å². The first-order valence-electron chi connectivity index (χ1n) is 8.23. The minimum Gasteiger partial charge on any atom is -0.497 e. The van der Waals surface area contributed by atoms with Gasteiger partial charge in [-0.1, -0.05) is 29.8 Å². The van der Waals surface area contributed by atoms with Gasteiger partial charge in [-0.25, -0.2) is 0 Å². The van der Waals surface area contributed by atoms with Crippen molar-refractivity contribution < 1.29 is 14.4 Å². The zero-order chi connectivity index (χ0) is 16.9. The van der Waals surface area contributed by atoms with Crippen LogP contribution in [0.5, 0.6) is 5.75 Å². The summed E-state index contributed by atoms with van der Waals surface area (Å²) >= 11 is 6.37. The highest BCUT2D eigenvalue weighted by Gasteiger charge is 2.35. The van der Waals surface area contributed by atoms with Crippen LogP contribution in [0.15, 0.2) is 48.5 Å². The maximum absolute atomic E-state index is 13.0. The highest BCUT2D eigenvalue weighted by Crippen LogP contribution is 2.23. The van der Waals surface area contributed by atoms with Crippen molar-refractivity contribution in [3.05, 3.63) is 59.1 Å². The van der Waals surface area contributed by atoms with Gasteiger partial charge in [0.15, 0.2) is 6.04 Å². The number of methoxy groups -OCH3 is 1. The predicted octanol–water partition coefficient (Wildman–Crippen LogP) is 2.71. The van der Waals surface area contributed by atoms with Gasteiger partial charge in [0.25, 0.3) is 5.91 Å². The van der Waals surface area contributed by atoms with Gasteiger partial charge in [-0.3, -0.25) is 4.79 Å². The number of carbonyl (C=O) groups is 1. The van der Waals surface area contributed by atoms with Gasteiger partial charge in [-0.2, -0.15) is 0 Å². The molecule has 0 aliphatic carbocycles. The average Bonchev–Trinajstić information content (AvgIpc) is 3.12. The predicted molar refractivity (Wildman–Crippen MR) is 95.7 cm³/mol. The van der Waals surface area contributed by atoms with Gasteiger partial charge in [0.1, 0.15) is 5.75 Å². The number of hydrogen-bond acceptors (Lipinski definition) is 2. The lowest BCUT2D eigenvalue weighted by Gasteiger charge is -2.24. The van der Waals surface area contributed by atoms with Crippen molar-refractivity contribution in [3.8, 4) is 5.75 Å². The number of hydrogen-bond donors (Lipinski definition) is 2. The second-order valence-electron chi connectivity index (χ2n) is 6.04. The summed E-state index contributed by atoms with van der Waals surface area (Å²) in [6.07, 6.45) is 2.29. The summed E-state index contributed by atoms with van der Waals surface area (Å²) < 4.78 is 5.15. The molecule has 24 heavy (non-hydrogen) atoms. The SMILES string of the molecule is COc1ccc(NC(=O)[C@@H](c2ccccc2Cl)[NH+]2CCCC2)cc1. The fourth-order valence-corrected chi connectivity index (χ4v) is 3.51. The monoisotopic (exact) mass is 345 g/mol. The molecule has 1 aliphatic heterocycles. The van der Waals surface area contributed by atoms with Gasteiger partial charge in [-0.05, 0) is 30.3 Å². The topological polar surface area (TPSA) is 42.8 Å². The van der Waals surface area contributed by atoms with Crippen molar-refractivity contribution in [1.29, 1.82) is 0 Å². The van der Waals surface area contributed by atoms with Crippen LogP contribution in [0.1, 0.15) is 24.4 Å². The largest absolute Gasteiger partial charge is 0.497 e. The molecule has 1 fully saturated rings.